The normalized spacial score (nSPS) is 14.0. The molecule has 27 heavy (non-hydrogen) atoms. The minimum atomic E-state index is -4.57. The first-order chi connectivity index (χ1) is 12.6. The van der Waals surface area contributed by atoms with Crippen molar-refractivity contribution in [2.24, 2.45) is 0 Å². The Hall–Kier alpha value is -2.90. The van der Waals surface area contributed by atoms with E-state index in [0.717, 1.165) is 30.5 Å². The van der Waals surface area contributed by atoms with Gasteiger partial charge in [-0.15, -0.1) is 0 Å². The van der Waals surface area contributed by atoms with Crippen molar-refractivity contribution in [2.45, 2.75) is 38.9 Å². The van der Waals surface area contributed by atoms with Crippen molar-refractivity contribution in [2.75, 3.05) is 5.32 Å². The van der Waals surface area contributed by atoms with Gasteiger partial charge in [-0.25, -0.2) is 4.98 Å². The molecule has 142 valence electrons. The number of pyridine rings is 1. The largest absolute Gasteiger partial charge is 0.433 e. The van der Waals surface area contributed by atoms with Crippen LogP contribution in [0.1, 0.15) is 50.5 Å². The van der Waals surface area contributed by atoms with Crippen molar-refractivity contribution >= 4 is 17.5 Å². The number of nitrogens with one attached hydrogen (secondary N) is 2. The van der Waals surface area contributed by atoms with Gasteiger partial charge in [-0.1, -0.05) is 6.07 Å². The van der Waals surface area contributed by atoms with Crippen LogP contribution in [0, 0.1) is 13.8 Å². The molecule has 2 aromatic rings. The van der Waals surface area contributed by atoms with E-state index in [-0.39, 0.29) is 23.2 Å². The number of rotatable bonds is 4. The first-order valence-corrected chi connectivity index (χ1v) is 8.43. The zero-order valence-corrected chi connectivity index (χ0v) is 14.8. The Morgan fingerprint density at radius 1 is 1.07 bits per heavy atom. The molecule has 0 unspecified atom stereocenters. The Balaban J connectivity index is 1.80. The van der Waals surface area contributed by atoms with E-state index in [0.29, 0.717) is 11.3 Å². The molecule has 1 fully saturated rings. The summed E-state index contributed by atoms with van der Waals surface area (Å²) >= 11 is 0. The Morgan fingerprint density at radius 3 is 2.37 bits per heavy atom. The highest BCUT2D eigenvalue weighted by molar-refractivity contribution is 6.06. The van der Waals surface area contributed by atoms with Gasteiger partial charge in [0.1, 0.15) is 5.69 Å². The van der Waals surface area contributed by atoms with E-state index in [1.807, 2.05) is 0 Å². The van der Waals surface area contributed by atoms with E-state index in [9.17, 15) is 22.8 Å². The van der Waals surface area contributed by atoms with Crippen LogP contribution in [0.2, 0.25) is 0 Å². The average molecular weight is 377 g/mol. The highest BCUT2D eigenvalue weighted by atomic mass is 19.4. The fourth-order valence-corrected chi connectivity index (χ4v) is 2.54. The molecule has 1 aromatic heterocycles. The Labute approximate surface area is 154 Å². The van der Waals surface area contributed by atoms with Gasteiger partial charge in [0.15, 0.2) is 0 Å². The summed E-state index contributed by atoms with van der Waals surface area (Å²) in [7, 11) is 0. The quantitative estimate of drug-likeness (QED) is 0.850. The Kier molecular flexibility index (Phi) is 4.91. The molecule has 0 spiro atoms. The minimum absolute atomic E-state index is 0.0254. The predicted molar refractivity (Wildman–Crippen MR) is 93.6 cm³/mol. The number of amides is 2. The van der Waals surface area contributed by atoms with E-state index in [1.165, 1.54) is 6.92 Å². The first kappa shape index (κ1) is 18.9. The van der Waals surface area contributed by atoms with Crippen LogP contribution in [0.25, 0.3) is 0 Å². The summed E-state index contributed by atoms with van der Waals surface area (Å²) < 4.78 is 38.1. The maximum Gasteiger partial charge on any atom is 0.433 e. The lowest BCUT2D eigenvalue weighted by atomic mass is 10.1. The SMILES string of the molecule is Cc1ccc(C(=O)NC2CC2)cc1NC(=O)c1ccc(C(F)(F)F)nc1C. The number of carbonyl (C=O) groups excluding carboxylic acids is 2. The van der Waals surface area contributed by atoms with Crippen molar-refractivity contribution in [3.05, 3.63) is 58.4 Å². The van der Waals surface area contributed by atoms with Gasteiger partial charge < -0.3 is 10.6 Å². The van der Waals surface area contributed by atoms with Gasteiger partial charge in [0.2, 0.25) is 0 Å². The van der Waals surface area contributed by atoms with E-state index in [2.05, 4.69) is 15.6 Å². The van der Waals surface area contributed by atoms with Crippen LogP contribution >= 0.6 is 0 Å². The lowest BCUT2D eigenvalue weighted by Gasteiger charge is -2.13. The minimum Gasteiger partial charge on any atom is -0.349 e. The molecule has 0 atom stereocenters. The summed E-state index contributed by atoms with van der Waals surface area (Å²) in [5.41, 5.74) is 0.515. The van der Waals surface area contributed by atoms with E-state index >= 15 is 0 Å². The molecule has 1 saturated carbocycles. The number of halogens is 3. The second-order valence-corrected chi connectivity index (χ2v) is 6.56. The molecule has 1 aliphatic carbocycles. The second kappa shape index (κ2) is 7.02. The van der Waals surface area contributed by atoms with Crippen LogP contribution in [0.4, 0.5) is 18.9 Å². The van der Waals surface area contributed by atoms with Crippen molar-refractivity contribution in [3.63, 3.8) is 0 Å². The molecule has 2 N–H and O–H groups in total. The van der Waals surface area contributed by atoms with Crippen LogP contribution in [-0.4, -0.2) is 22.8 Å². The second-order valence-electron chi connectivity index (χ2n) is 6.56. The third kappa shape index (κ3) is 4.45. The number of carbonyl (C=O) groups is 2. The molecule has 5 nitrogen and oxygen atoms in total. The molecule has 0 aliphatic heterocycles. The lowest BCUT2D eigenvalue weighted by Crippen LogP contribution is -2.25. The molecule has 1 aromatic carbocycles. The van der Waals surface area contributed by atoms with Crippen molar-refractivity contribution in [1.82, 2.24) is 10.3 Å². The third-order valence-electron chi connectivity index (χ3n) is 4.28. The summed E-state index contributed by atoms with van der Waals surface area (Å²) in [6, 6.07) is 6.99. The number of alkyl halides is 3. The van der Waals surface area contributed by atoms with Gasteiger partial charge in [-0.05, 0) is 56.5 Å². The number of benzene rings is 1. The number of anilines is 1. The molecule has 0 radical (unpaired) electrons. The number of aryl methyl sites for hydroxylation is 2. The highest BCUT2D eigenvalue weighted by Crippen LogP contribution is 2.28. The third-order valence-corrected chi connectivity index (χ3v) is 4.28. The highest BCUT2D eigenvalue weighted by Gasteiger charge is 2.33. The molecule has 1 aliphatic rings. The maximum absolute atomic E-state index is 12.7. The number of hydrogen-bond acceptors (Lipinski definition) is 3. The van der Waals surface area contributed by atoms with Gasteiger partial charge in [0.05, 0.1) is 11.3 Å². The Morgan fingerprint density at radius 2 is 1.78 bits per heavy atom. The van der Waals surface area contributed by atoms with Crippen molar-refractivity contribution in [3.8, 4) is 0 Å². The molecular formula is C19H18F3N3O2. The summed E-state index contributed by atoms with van der Waals surface area (Å²) in [6.45, 7) is 3.10. The first-order valence-electron chi connectivity index (χ1n) is 8.43. The summed E-state index contributed by atoms with van der Waals surface area (Å²) in [4.78, 5) is 28.1. The molecule has 1 heterocycles. The molecule has 3 rings (SSSR count). The van der Waals surface area contributed by atoms with Crippen LogP contribution in [0.3, 0.4) is 0 Å². The fourth-order valence-electron chi connectivity index (χ4n) is 2.54. The van der Waals surface area contributed by atoms with Crippen LogP contribution < -0.4 is 10.6 Å². The van der Waals surface area contributed by atoms with E-state index in [4.69, 9.17) is 0 Å². The average Bonchev–Trinajstić information content (AvgIpc) is 3.39. The standard InChI is InChI=1S/C19H18F3N3O2/c1-10-3-4-12(17(26)24-13-5-6-13)9-15(10)25-18(27)14-7-8-16(19(20,21)22)23-11(14)2/h3-4,7-9,13H,5-6H2,1-2H3,(H,24,26)(H,25,27). The van der Waals surface area contributed by atoms with Gasteiger partial charge in [0, 0.05) is 17.3 Å². The Bertz CT molecular complexity index is 906. The number of nitrogens with zero attached hydrogens (tertiary/aromatic N) is 1. The number of hydrogen-bond donors (Lipinski definition) is 2. The van der Waals surface area contributed by atoms with Gasteiger partial charge in [0.25, 0.3) is 11.8 Å². The van der Waals surface area contributed by atoms with Crippen molar-refractivity contribution < 1.29 is 22.8 Å². The van der Waals surface area contributed by atoms with Gasteiger partial charge >= 0.3 is 6.18 Å². The molecule has 0 saturated heterocycles. The summed E-state index contributed by atoms with van der Waals surface area (Å²) in [5.74, 6) is -0.808. The summed E-state index contributed by atoms with van der Waals surface area (Å²) in [5, 5.41) is 5.51. The van der Waals surface area contributed by atoms with E-state index < -0.39 is 17.8 Å². The van der Waals surface area contributed by atoms with Gasteiger partial charge in [-0.2, -0.15) is 13.2 Å². The van der Waals surface area contributed by atoms with E-state index in [1.54, 1.807) is 25.1 Å². The summed E-state index contributed by atoms with van der Waals surface area (Å²) in [6.07, 6.45) is -2.65. The lowest BCUT2D eigenvalue weighted by molar-refractivity contribution is -0.141. The fraction of sp³-hybridized carbons (Fsp3) is 0.316. The molecule has 8 heteroatoms. The zero-order chi connectivity index (χ0) is 19.8. The smallest absolute Gasteiger partial charge is 0.349 e. The van der Waals surface area contributed by atoms with Crippen LogP contribution in [0.5, 0.6) is 0 Å². The van der Waals surface area contributed by atoms with Gasteiger partial charge in [-0.3, -0.25) is 9.59 Å². The molecule has 2 amide bonds. The van der Waals surface area contributed by atoms with Crippen LogP contribution in [-0.2, 0) is 6.18 Å². The van der Waals surface area contributed by atoms with Crippen molar-refractivity contribution in [1.29, 1.82) is 0 Å². The molecule has 0 bridgehead atoms. The molecular weight excluding hydrogens is 359 g/mol. The van der Waals surface area contributed by atoms with Crippen LogP contribution in [0.15, 0.2) is 30.3 Å². The number of aromatic nitrogens is 1. The maximum atomic E-state index is 12.7. The predicted octanol–water partition coefficient (Wildman–Crippen LogP) is 3.86. The topological polar surface area (TPSA) is 71.1 Å². The monoisotopic (exact) mass is 377 g/mol. The zero-order valence-electron chi connectivity index (χ0n) is 14.8.